The summed E-state index contributed by atoms with van der Waals surface area (Å²) in [5.41, 5.74) is 0. The molecule has 71 heavy (non-hydrogen) atoms. The molecule has 0 radical (unpaired) electrons. The number of allylic oxidation sites excluding steroid dienone is 4. The second-order valence-corrected chi connectivity index (χ2v) is 22.1. The third-order valence-corrected chi connectivity index (χ3v) is 15.0. The van der Waals surface area contributed by atoms with Gasteiger partial charge in [0.05, 0.1) is 25.4 Å². The molecule has 0 heterocycles. The molecule has 2 unspecified atom stereocenters. The van der Waals surface area contributed by atoms with Crippen molar-refractivity contribution in [1.82, 2.24) is 5.32 Å². The van der Waals surface area contributed by atoms with Crippen LogP contribution >= 0.6 is 0 Å². The lowest BCUT2D eigenvalue weighted by Crippen LogP contribution is -2.45. The summed E-state index contributed by atoms with van der Waals surface area (Å²) >= 11 is 0. The number of amides is 1. The van der Waals surface area contributed by atoms with Gasteiger partial charge < -0.3 is 20.3 Å². The number of hydrogen-bond acceptors (Lipinski definition) is 5. The molecule has 0 saturated heterocycles. The Bertz CT molecular complexity index is 1110. The highest BCUT2D eigenvalue weighted by atomic mass is 16.5. The molecule has 0 rings (SSSR count). The smallest absolute Gasteiger partial charge is 0.305 e. The molecule has 0 aromatic rings. The minimum Gasteiger partial charge on any atom is -0.466 e. The van der Waals surface area contributed by atoms with E-state index in [9.17, 15) is 19.8 Å². The van der Waals surface area contributed by atoms with Gasteiger partial charge in [-0.2, -0.15) is 0 Å². The van der Waals surface area contributed by atoms with Crippen molar-refractivity contribution in [2.75, 3.05) is 13.2 Å². The minimum atomic E-state index is -0.659. The van der Waals surface area contributed by atoms with Crippen LogP contribution in [0.4, 0.5) is 0 Å². The third-order valence-electron chi connectivity index (χ3n) is 15.0. The Hall–Kier alpha value is -1.66. The molecule has 3 N–H and O–H groups in total. The number of esters is 1. The van der Waals surface area contributed by atoms with Crippen LogP contribution in [-0.4, -0.2) is 47.4 Å². The first-order valence-electron chi connectivity index (χ1n) is 32.1. The maximum Gasteiger partial charge on any atom is 0.305 e. The molecular formula is C65H125NO5. The lowest BCUT2D eigenvalue weighted by atomic mass is 10.0. The lowest BCUT2D eigenvalue weighted by molar-refractivity contribution is -0.143. The van der Waals surface area contributed by atoms with Gasteiger partial charge in [0.2, 0.25) is 5.91 Å². The molecule has 1 amide bonds. The zero-order valence-corrected chi connectivity index (χ0v) is 48.0. The van der Waals surface area contributed by atoms with Crippen molar-refractivity contribution in [3.63, 3.8) is 0 Å². The Morgan fingerprint density at radius 3 is 1.08 bits per heavy atom. The molecule has 0 bridgehead atoms. The molecule has 420 valence electrons. The van der Waals surface area contributed by atoms with Gasteiger partial charge >= 0.3 is 5.97 Å². The summed E-state index contributed by atoms with van der Waals surface area (Å²) in [6.07, 6.45) is 75.0. The standard InChI is InChI=1S/C65H125NO5/c1-3-5-7-9-11-13-14-15-16-33-36-39-43-47-51-55-59-65(70)71-60-56-52-48-44-40-37-34-31-29-27-25-23-21-19-17-18-20-22-24-26-28-30-32-35-38-42-46-50-54-58-64(69)66-62(61-67)63(68)57-53-49-45-41-12-10-8-6-4-2/h13-14,16,33,62-63,67-68H,3-12,15,17-32,34-61H2,1-2H3,(H,66,69)/b14-13-,33-16-. The van der Waals surface area contributed by atoms with Crippen LogP contribution in [0.3, 0.4) is 0 Å². The van der Waals surface area contributed by atoms with Gasteiger partial charge in [-0.1, -0.05) is 308 Å². The van der Waals surface area contributed by atoms with E-state index in [0.717, 1.165) is 51.4 Å². The number of unbranched alkanes of at least 4 members (excludes halogenated alkanes) is 45. The van der Waals surface area contributed by atoms with Crippen LogP contribution in [0.5, 0.6) is 0 Å². The zero-order chi connectivity index (χ0) is 51.4. The first-order chi connectivity index (χ1) is 35.0. The van der Waals surface area contributed by atoms with Crippen LogP contribution in [0.2, 0.25) is 0 Å². The normalized spacial score (nSPS) is 12.7. The van der Waals surface area contributed by atoms with Crippen LogP contribution in [0.1, 0.15) is 354 Å². The van der Waals surface area contributed by atoms with Crippen LogP contribution in [0, 0.1) is 0 Å². The Morgan fingerprint density at radius 2 is 0.704 bits per heavy atom. The fourth-order valence-electron chi connectivity index (χ4n) is 10.1. The van der Waals surface area contributed by atoms with Gasteiger partial charge in [-0.3, -0.25) is 9.59 Å². The van der Waals surface area contributed by atoms with Gasteiger partial charge in [0.1, 0.15) is 0 Å². The summed E-state index contributed by atoms with van der Waals surface area (Å²) in [4.78, 5) is 24.5. The average Bonchev–Trinajstić information content (AvgIpc) is 3.37. The average molecular weight is 1000 g/mol. The molecule has 6 heteroatoms. The SMILES string of the molecule is CCCCCC/C=C\C/C=C\CCCCCCCC(=O)OCCCCCCCCCCCCCCCCCCCCCCCCCCCCCCCC(=O)NC(CO)C(O)CCCCCCCCCCC. The highest BCUT2D eigenvalue weighted by molar-refractivity contribution is 5.76. The van der Waals surface area contributed by atoms with E-state index in [1.807, 2.05) is 0 Å². The second-order valence-electron chi connectivity index (χ2n) is 22.1. The molecule has 0 saturated carbocycles. The Morgan fingerprint density at radius 1 is 0.394 bits per heavy atom. The van der Waals surface area contributed by atoms with E-state index in [0.29, 0.717) is 25.9 Å². The predicted molar refractivity (Wildman–Crippen MR) is 310 cm³/mol. The van der Waals surface area contributed by atoms with E-state index >= 15 is 0 Å². The molecule has 2 atom stereocenters. The number of nitrogens with one attached hydrogen (secondary N) is 1. The van der Waals surface area contributed by atoms with Crippen molar-refractivity contribution in [3.8, 4) is 0 Å². The summed E-state index contributed by atoms with van der Waals surface area (Å²) in [7, 11) is 0. The maximum atomic E-state index is 12.4. The largest absolute Gasteiger partial charge is 0.466 e. The fraction of sp³-hybridized carbons (Fsp3) is 0.908. The van der Waals surface area contributed by atoms with E-state index in [2.05, 4.69) is 43.5 Å². The van der Waals surface area contributed by atoms with Crippen molar-refractivity contribution in [1.29, 1.82) is 0 Å². The molecule has 0 aliphatic rings. The molecule has 0 aliphatic heterocycles. The minimum absolute atomic E-state index is 0.00618. The van der Waals surface area contributed by atoms with Crippen molar-refractivity contribution >= 4 is 11.9 Å². The topological polar surface area (TPSA) is 95.9 Å². The van der Waals surface area contributed by atoms with E-state index < -0.39 is 12.1 Å². The van der Waals surface area contributed by atoms with Gasteiger partial charge in [-0.15, -0.1) is 0 Å². The number of carbonyl (C=O) groups is 2. The quantitative estimate of drug-likeness (QED) is 0.0320. The van der Waals surface area contributed by atoms with Crippen molar-refractivity contribution in [2.45, 2.75) is 366 Å². The molecule has 0 fully saturated rings. The Kier molecular flexibility index (Phi) is 59.5. The van der Waals surface area contributed by atoms with Gasteiger partial charge in [0.25, 0.3) is 0 Å². The monoisotopic (exact) mass is 1000 g/mol. The second kappa shape index (κ2) is 60.9. The molecule has 6 nitrogen and oxygen atoms in total. The van der Waals surface area contributed by atoms with Crippen LogP contribution < -0.4 is 5.32 Å². The van der Waals surface area contributed by atoms with Crippen molar-refractivity contribution in [3.05, 3.63) is 24.3 Å². The number of hydrogen-bond donors (Lipinski definition) is 3. The Labute approximate surface area is 443 Å². The van der Waals surface area contributed by atoms with Gasteiger partial charge in [-0.05, 0) is 57.8 Å². The van der Waals surface area contributed by atoms with Crippen molar-refractivity contribution in [2.24, 2.45) is 0 Å². The van der Waals surface area contributed by atoms with Gasteiger partial charge in [-0.25, -0.2) is 0 Å². The molecule has 0 aliphatic carbocycles. The maximum absolute atomic E-state index is 12.4. The summed E-state index contributed by atoms with van der Waals surface area (Å²) < 4.78 is 5.49. The Balaban J connectivity index is 3.30. The van der Waals surface area contributed by atoms with Crippen LogP contribution in [-0.2, 0) is 14.3 Å². The van der Waals surface area contributed by atoms with E-state index in [-0.39, 0.29) is 18.5 Å². The summed E-state index contributed by atoms with van der Waals surface area (Å²) in [6.45, 7) is 4.93. The number of aliphatic hydroxyl groups is 2. The highest BCUT2D eigenvalue weighted by Crippen LogP contribution is 2.18. The van der Waals surface area contributed by atoms with Crippen LogP contribution in [0.15, 0.2) is 24.3 Å². The third kappa shape index (κ3) is 57.5. The molecule has 0 aromatic heterocycles. The highest BCUT2D eigenvalue weighted by Gasteiger charge is 2.20. The van der Waals surface area contributed by atoms with Gasteiger partial charge in [0, 0.05) is 12.8 Å². The number of carbonyl (C=O) groups excluding carboxylic acids is 2. The summed E-state index contributed by atoms with van der Waals surface area (Å²) in [5.74, 6) is -0.0265. The van der Waals surface area contributed by atoms with Crippen LogP contribution in [0.25, 0.3) is 0 Å². The molecular weight excluding hydrogens is 875 g/mol. The number of ether oxygens (including phenoxy) is 1. The fourth-order valence-corrected chi connectivity index (χ4v) is 10.1. The van der Waals surface area contributed by atoms with E-state index in [4.69, 9.17) is 4.74 Å². The summed E-state index contributed by atoms with van der Waals surface area (Å²) in [6, 6.07) is -0.536. The van der Waals surface area contributed by atoms with E-state index in [1.165, 1.54) is 270 Å². The van der Waals surface area contributed by atoms with Crippen molar-refractivity contribution < 1.29 is 24.5 Å². The molecule has 0 spiro atoms. The number of aliphatic hydroxyl groups excluding tert-OH is 2. The zero-order valence-electron chi connectivity index (χ0n) is 48.0. The summed E-state index contributed by atoms with van der Waals surface area (Å²) in [5, 5.41) is 23.1. The number of rotatable bonds is 60. The van der Waals surface area contributed by atoms with E-state index in [1.54, 1.807) is 0 Å². The predicted octanol–water partition coefficient (Wildman–Crippen LogP) is 20.2. The lowest BCUT2D eigenvalue weighted by Gasteiger charge is -2.22. The van der Waals surface area contributed by atoms with Gasteiger partial charge in [0.15, 0.2) is 0 Å². The molecule has 0 aromatic carbocycles. The first-order valence-corrected chi connectivity index (χ1v) is 32.1. The first kappa shape index (κ1) is 69.3.